The Morgan fingerprint density at radius 1 is 0.951 bits per heavy atom. The largest absolute Gasteiger partial charge is 0.490 e. The van der Waals surface area contributed by atoms with Gasteiger partial charge in [-0.3, -0.25) is 9.59 Å². The van der Waals surface area contributed by atoms with Crippen molar-refractivity contribution in [3.05, 3.63) is 78.0 Å². The molecular formula is C31H36N6O4. The van der Waals surface area contributed by atoms with E-state index in [2.05, 4.69) is 20.9 Å². The molecule has 1 aromatic heterocycles. The van der Waals surface area contributed by atoms with Gasteiger partial charge in [-0.1, -0.05) is 6.07 Å². The second kappa shape index (κ2) is 12.9. The van der Waals surface area contributed by atoms with Crippen molar-refractivity contribution < 1.29 is 19.1 Å². The lowest BCUT2D eigenvalue weighted by molar-refractivity contribution is -0.122. The summed E-state index contributed by atoms with van der Waals surface area (Å²) in [6.07, 6.45) is 1.60. The third kappa shape index (κ3) is 7.57. The number of rotatable bonds is 11. The standard InChI is InChI=1S/C31H36N6O4/c1-5-40-28-15-22(6-9-27(28)41-18(2)3)29(37-24-7-8-26-21(14-24)10-11-34-30(26)33)31(39)35-17-20-12-23(32)16-25(13-20)36-19(4)38/h6-16,18,29,37H,5,17,32H2,1-4H3,(H2,33,34)(H,35,39)(H,36,38). The number of hydrogen-bond acceptors (Lipinski definition) is 8. The predicted molar refractivity (Wildman–Crippen MR) is 163 cm³/mol. The van der Waals surface area contributed by atoms with Crippen molar-refractivity contribution in [1.82, 2.24) is 10.3 Å². The van der Waals surface area contributed by atoms with Crippen molar-refractivity contribution in [3.8, 4) is 11.5 Å². The molecular weight excluding hydrogens is 520 g/mol. The summed E-state index contributed by atoms with van der Waals surface area (Å²) in [5.41, 5.74) is 15.2. The second-order valence-electron chi connectivity index (χ2n) is 9.88. The Kier molecular flexibility index (Phi) is 9.13. The Labute approximate surface area is 239 Å². The highest BCUT2D eigenvalue weighted by Crippen LogP contribution is 2.33. The van der Waals surface area contributed by atoms with E-state index in [9.17, 15) is 9.59 Å². The first-order valence-electron chi connectivity index (χ1n) is 13.4. The number of aromatic nitrogens is 1. The molecule has 0 radical (unpaired) electrons. The lowest BCUT2D eigenvalue weighted by Gasteiger charge is -2.22. The van der Waals surface area contributed by atoms with Crippen molar-refractivity contribution >= 4 is 45.5 Å². The maximum atomic E-state index is 13.7. The Balaban J connectivity index is 1.66. The first-order valence-corrected chi connectivity index (χ1v) is 13.4. The highest BCUT2D eigenvalue weighted by atomic mass is 16.5. The molecule has 0 saturated heterocycles. The van der Waals surface area contributed by atoms with Gasteiger partial charge in [0.15, 0.2) is 11.5 Å². The molecule has 0 saturated carbocycles. The molecule has 2 amide bonds. The number of ether oxygens (including phenoxy) is 2. The number of nitrogens with two attached hydrogens (primary N) is 2. The van der Waals surface area contributed by atoms with Crippen LogP contribution in [0.15, 0.2) is 66.9 Å². The van der Waals surface area contributed by atoms with Crippen LogP contribution in [-0.4, -0.2) is 29.5 Å². The van der Waals surface area contributed by atoms with Crippen molar-refractivity contribution in [2.75, 3.05) is 28.7 Å². The lowest BCUT2D eigenvalue weighted by atomic mass is 10.0. The molecule has 0 aliphatic heterocycles. The molecule has 1 atom stereocenters. The van der Waals surface area contributed by atoms with Crippen LogP contribution in [0.2, 0.25) is 0 Å². The lowest BCUT2D eigenvalue weighted by Crippen LogP contribution is -2.33. The van der Waals surface area contributed by atoms with Gasteiger partial charge in [0.1, 0.15) is 11.9 Å². The summed E-state index contributed by atoms with van der Waals surface area (Å²) in [6.45, 7) is 7.83. The van der Waals surface area contributed by atoms with Gasteiger partial charge in [-0.15, -0.1) is 0 Å². The van der Waals surface area contributed by atoms with Crippen LogP contribution < -0.4 is 36.9 Å². The average molecular weight is 557 g/mol. The number of anilines is 4. The van der Waals surface area contributed by atoms with Crippen LogP contribution in [0.4, 0.5) is 22.9 Å². The molecule has 0 fully saturated rings. The molecule has 1 unspecified atom stereocenters. The quantitative estimate of drug-likeness (QED) is 0.162. The van der Waals surface area contributed by atoms with Crippen molar-refractivity contribution in [1.29, 1.82) is 0 Å². The maximum absolute atomic E-state index is 13.7. The highest BCUT2D eigenvalue weighted by Gasteiger charge is 2.23. The molecule has 4 aromatic rings. The highest BCUT2D eigenvalue weighted by molar-refractivity contribution is 5.94. The number of benzene rings is 3. The fraction of sp³-hybridized carbons (Fsp3) is 0.258. The van der Waals surface area contributed by atoms with Crippen molar-refractivity contribution in [2.45, 2.75) is 46.4 Å². The Hall–Kier alpha value is -4.99. The minimum absolute atomic E-state index is 0.0440. The van der Waals surface area contributed by atoms with Crippen LogP contribution in [0.3, 0.4) is 0 Å². The number of fused-ring (bicyclic) bond motifs is 1. The van der Waals surface area contributed by atoms with Crippen LogP contribution >= 0.6 is 0 Å². The number of amides is 2. The first-order chi connectivity index (χ1) is 19.6. The van der Waals surface area contributed by atoms with Crippen LogP contribution in [0.25, 0.3) is 10.8 Å². The molecule has 10 nitrogen and oxygen atoms in total. The Morgan fingerprint density at radius 3 is 2.49 bits per heavy atom. The van der Waals surface area contributed by atoms with Gasteiger partial charge in [-0.25, -0.2) is 4.98 Å². The summed E-state index contributed by atoms with van der Waals surface area (Å²) in [7, 11) is 0. The first kappa shape index (κ1) is 29.0. The van der Waals surface area contributed by atoms with Crippen molar-refractivity contribution in [3.63, 3.8) is 0 Å². The maximum Gasteiger partial charge on any atom is 0.247 e. The summed E-state index contributed by atoms with van der Waals surface area (Å²) >= 11 is 0. The van der Waals surface area contributed by atoms with E-state index < -0.39 is 6.04 Å². The van der Waals surface area contributed by atoms with Crippen LogP contribution in [-0.2, 0) is 16.1 Å². The molecule has 7 N–H and O–H groups in total. The van der Waals surface area contributed by atoms with E-state index in [1.54, 1.807) is 24.4 Å². The van der Waals surface area contributed by atoms with Gasteiger partial charge in [0.25, 0.3) is 0 Å². The van der Waals surface area contributed by atoms with Crippen LogP contribution in [0.1, 0.15) is 44.9 Å². The predicted octanol–water partition coefficient (Wildman–Crippen LogP) is 5.01. The van der Waals surface area contributed by atoms with Gasteiger partial charge in [0.05, 0.1) is 12.7 Å². The SMILES string of the molecule is CCOc1cc(C(Nc2ccc3c(N)nccc3c2)C(=O)NCc2cc(N)cc(NC(C)=O)c2)ccc1OC(C)C. The van der Waals surface area contributed by atoms with E-state index in [0.717, 1.165) is 22.0 Å². The van der Waals surface area contributed by atoms with E-state index in [4.69, 9.17) is 20.9 Å². The molecule has 3 aromatic carbocycles. The average Bonchev–Trinajstić information content (AvgIpc) is 2.91. The smallest absolute Gasteiger partial charge is 0.247 e. The van der Waals surface area contributed by atoms with Gasteiger partial charge >= 0.3 is 0 Å². The van der Waals surface area contributed by atoms with E-state index in [0.29, 0.717) is 40.9 Å². The molecule has 4 rings (SSSR count). The van der Waals surface area contributed by atoms with Crippen molar-refractivity contribution in [2.24, 2.45) is 0 Å². The molecule has 0 spiro atoms. The summed E-state index contributed by atoms with van der Waals surface area (Å²) in [5, 5.41) is 10.8. The minimum atomic E-state index is -0.783. The molecule has 0 bridgehead atoms. The third-order valence-corrected chi connectivity index (χ3v) is 6.13. The number of hydrogen-bond donors (Lipinski definition) is 5. The van der Waals surface area contributed by atoms with Gasteiger partial charge in [0, 0.05) is 42.1 Å². The molecule has 1 heterocycles. The van der Waals surface area contributed by atoms with E-state index in [-0.39, 0.29) is 24.5 Å². The fourth-order valence-corrected chi connectivity index (χ4v) is 4.47. The number of nitrogens with one attached hydrogen (secondary N) is 3. The number of nitrogen functional groups attached to an aromatic ring is 2. The fourth-order valence-electron chi connectivity index (χ4n) is 4.47. The van der Waals surface area contributed by atoms with Gasteiger partial charge in [0.2, 0.25) is 11.8 Å². The normalized spacial score (nSPS) is 11.6. The number of carbonyl (C=O) groups excluding carboxylic acids is 2. The van der Waals surface area contributed by atoms with E-state index in [1.807, 2.05) is 63.2 Å². The zero-order valence-electron chi connectivity index (χ0n) is 23.7. The molecule has 0 aliphatic rings. The number of carbonyl (C=O) groups is 2. The molecule has 214 valence electrons. The van der Waals surface area contributed by atoms with E-state index in [1.165, 1.54) is 6.92 Å². The Bertz CT molecular complexity index is 1560. The number of nitrogens with zero attached hydrogens (tertiary/aromatic N) is 1. The number of pyridine rings is 1. The van der Waals surface area contributed by atoms with E-state index >= 15 is 0 Å². The summed E-state index contributed by atoms with van der Waals surface area (Å²) in [5.74, 6) is 1.10. The molecule has 0 aliphatic carbocycles. The monoisotopic (exact) mass is 556 g/mol. The Morgan fingerprint density at radius 2 is 1.76 bits per heavy atom. The van der Waals surface area contributed by atoms with Gasteiger partial charge in [-0.05, 0) is 91.9 Å². The molecule has 41 heavy (non-hydrogen) atoms. The zero-order valence-corrected chi connectivity index (χ0v) is 23.7. The summed E-state index contributed by atoms with van der Waals surface area (Å²) < 4.78 is 11.8. The zero-order chi connectivity index (χ0) is 29.5. The summed E-state index contributed by atoms with van der Waals surface area (Å²) in [4.78, 5) is 29.4. The second-order valence-corrected chi connectivity index (χ2v) is 9.88. The summed E-state index contributed by atoms with van der Waals surface area (Å²) in [6, 6.07) is 17.4. The minimum Gasteiger partial charge on any atom is -0.490 e. The van der Waals surface area contributed by atoms with Gasteiger partial charge < -0.3 is 36.9 Å². The van der Waals surface area contributed by atoms with Crippen LogP contribution in [0.5, 0.6) is 11.5 Å². The van der Waals surface area contributed by atoms with Gasteiger partial charge in [-0.2, -0.15) is 0 Å². The van der Waals surface area contributed by atoms with Crippen LogP contribution in [0, 0.1) is 0 Å². The molecule has 10 heteroatoms. The topological polar surface area (TPSA) is 154 Å². The third-order valence-electron chi connectivity index (χ3n) is 6.13.